The van der Waals surface area contributed by atoms with E-state index >= 15 is 0 Å². The SMILES string of the molecule is NC(Cc1ccccc1)C(=O)NOCC(=O)O. The van der Waals surface area contributed by atoms with Crippen LogP contribution >= 0.6 is 0 Å². The Kier molecular flexibility index (Phi) is 5.12. The van der Waals surface area contributed by atoms with Crippen molar-refractivity contribution in [3.05, 3.63) is 35.9 Å². The molecule has 0 bridgehead atoms. The highest BCUT2D eigenvalue weighted by atomic mass is 16.7. The molecule has 0 fully saturated rings. The van der Waals surface area contributed by atoms with Crippen molar-refractivity contribution in [2.24, 2.45) is 5.73 Å². The predicted molar refractivity (Wildman–Crippen MR) is 59.9 cm³/mol. The van der Waals surface area contributed by atoms with Crippen molar-refractivity contribution in [3.8, 4) is 0 Å². The molecule has 0 spiro atoms. The van der Waals surface area contributed by atoms with Crippen LogP contribution in [0.1, 0.15) is 5.56 Å². The summed E-state index contributed by atoms with van der Waals surface area (Å²) < 4.78 is 0. The zero-order valence-corrected chi connectivity index (χ0v) is 9.13. The highest BCUT2D eigenvalue weighted by molar-refractivity contribution is 5.81. The molecule has 0 aliphatic rings. The second kappa shape index (κ2) is 6.62. The third kappa shape index (κ3) is 5.10. The second-order valence-electron chi connectivity index (χ2n) is 3.44. The zero-order valence-electron chi connectivity index (χ0n) is 9.13. The van der Waals surface area contributed by atoms with Crippen molar-refractivity contribution in [1.29, 1.82) is 0 Å². The van der Waals surface area contributed by atoms with E-state index in [4.69, 9.17) is 10.8 Å². The lowest BCUT2D eigenvalue weighted by Crippen LogP contribution is -2.42. The number of rotatable bonds is 6. The number of hydrogen-bond donors (Lipinski definition) is 3. The molecule has 0 heterocycles. The van der Waals surface area contributed by atoms with Gasteiger partial charge in [-0.05, 0) is 12.0 Å². The molecule has 0 saturated carbocycles. The lowest BCUT2D eigenvalue weighted by Gasteiger charge is -2.11. The molecule has 1 atom stereocenters. The molecule has 1 rings (SSSR count). The van der Waals surface area contributed by atoms with Gasteiger partial charge in [0.05, 0.1) is 6.04 Å². The Hall–Kier alpha value is -1.92. The Balaban J connectivity index is 2.34. The van der Waals surface area contributed by atoms with E-state index in [9.17, 15) is 9.59 Å². The number of aliphatic carboxylic acids is 1. The first-order valence-electron chi connectivity index (χ1n) is 5.02. The molecule has 1 unspecified atom stereocenters. The summed E-state index contributed by atoms with van der Waals surface area (Å²) in [4.78, 5) is 25.9. The summed E-state index contributed by atoms with van der Waals surface area (Å²) in [6.07, 6.45) is 0.364. The van der Waals surface area contributed by atoms with Crippen LogP contribution in [0.3, 0.4) is 0 Å². The molecule has 1 aromatic rings. The van der Waals surface area contributed by atoms with Gasteiger partial charge in [-0.1, -0.05) is 30.3 Å². The van der Waals surface area contributed by atoms with Crippen LogP contribution < -0.4 is 11.2 Å². The molecule has 6 nitrogen and oxygen atoms in total. The number of amides is 1. The second-order valence-corrected chi connectivity index (χ2v) is 3.44. The van der Waals surface area contributed by atoms with Crippen molar-refractivity contribution in [1.82, 2.24) is 5.48 Å². The minimum Gasteiger partial charge on any atom is -0.479 e. The molecule has 17 heavy (non-hydrogen) atoms. The van der Waals surface area contributed by atoms with E-state index in [2.05, 4.69) is 4.84 Å². The summed E-state index contributed by atoms with van der Waals surface area (Å²) in [7, 11) is 0. The van der Waals surface area contributed by atoms with Crippen LogP contribution in [0, 0.1) is 0 Å². The first-order chi connectivity index (χ1) is 8.09. The summed E-state index contributed by atoms with van der Waals surface area (Å²) in [6.45, 7) is -0.593. The third-order valence-corrected chi connectivity index (χ3v) is 2.00. The first kappa shape index (κ1) is 13.1. The fraction of sp³-hybridized carbons (Fsp3) is 0.273. The molecule has 4 N–H and O–H groups in total. The van der Waals surface area contributed by atoms with Crippen molar-refractivity contribution in [2.75, 3.05) is 6.61 Å². The quantitative estimate of drug-likeness (QED) is 0.590. The lowest BCUT2D eigenvalue weighted by atomic mass is 10.1. The Morgan fingerprint density at radius 3 is 2.59 bits per heavy atom. The fourth-order valence-corrected chi connectivity index (χ4v) is 1.21. The first-order valence-corrected chi connectivity index (χ1v) is 5.02. The molecular formula is C11H14N2O4. The van der Waals surface area contributed by atoms with E-state index in [1.54, 1.807) is 0 Å². The van der Waals surface area contributed by atoms with Crippen LogP contribution in [0.4, 0.5) is 0 Å². The molecule has 92 valence electrons. The predicted octanol–water partition coefficient (Wildman–Crippen LogP) is -0.311. The van der Waals surface area contributed by atoms with Gasteiger partial charge in [-0.15, -0.1) is 0 Å². The lowest BCUT2D eigenvalue weighted by molar-refractivity contribution is -0.149. The van der Waals surface area contributed by atoms with Crippen LogP contribution in [0.15, 0.2) is 30.3 Å². The minimum atomic E-state index is -1.16. The number of carboxylic acids is 1. The van der Waals surface area contributed by atoms with E-state index < -0.39 is 24.5 Å². The smallest absolute Gasteiger partial charge is 0.332 e. The topological polar surface area (TPSA) is 102 Å². The molecule has 0 saturated heterocycles. The summed E-state index contributed by atoms with van der Waals surface area (Å²) >= 11 is 0. The molecule has 0 aromatic heterocycles. The number of benzene rings is 1. The largest absolute Gasteiger partial charge is 0.479 e. The van der Waals surface area contributed by atoms with Crippen LogP contribution in [0.5, 0.6) is 0 Å². The van der Waals surface area contributed by atoms with E-state index in [1.807, 2.05) is 35.8 Å². The number of carbonyl (C=O) groups excluding carboxylic acids is 1. The number of nitrogens with two attached hydrogens (primary N) is 1. The van der Waals surface area contributed by atoms with Crippen molar-refractivity contribution in [2.45, 2.75) is 12.5 Å². The van der Waals surface area contributed by atoms with Gasteiger partial charge in [-0.2, -0.15) is 0 Å². The molecule has 0 radical (unpaired) electrons. The molecule has 1 aromatic carbocycles. The summed E-state index contributed by atoms with van der Waals surface area (Å²) in [5, 5.41) is 8.29. The van der Waals surface area contributed by atoms with Gasteiger partial charge in [-0.25, -0.2) is 10.3 Å². The standard InChI is InChI=1S/C11H14N2O4/c12-9(6-8-4-2-1-3-5-8)11(16)13-17-7-10(14)15/h1-5,9H,6-7,12H2,(H,13,16)(H,14,15). The van der Waals surface area contributed by atoms with Gasteiger partial charge >= 0.3 is 5.97 Å². The Morgan fingerprint density at radius 1 is 1.35 bits per heavy atom. The Labute approximate surface area is 98.3 Å². The van der Waals surface area contributed by atoms with E-state index in [0.29, 0.717) is 6.42 Å². The van der Waals surface area contributed by atoms with Gasteiger partial charge in [0, 0.05) is 0 Å². The van der Waals surface area contributed by atoms with E-state index in [-0.39, 0.29) is 0 Å². The van der Waals surface area contributed by atoms with E-state index in [0.717, 1.165) is 5.56 Å². The third-order valence-electron chi connectivity index (χ3n) is 2.00. The maximum atomic E-state index is 11.4. The van der Waals surface area contributed by atoms with Crippen LogP contribution in [-0.4, -0.2) is 29.6 Å². The summed E-state index contributed by atoms with van der Waals surface area (Å²) in [5.41, 5.74) is 8.54. The highest BCUT2D eigenvalue weighted by Crippen LogP contribution is 2.01. The molecule has 1 amide bonds. The highest BCUT2D eigenvalue weighted by Gasteiger charge is 2.14. The zero-order chi connectivity index (χ0) is 12.7. The number of nitrogens with one attached hydrogen (secondary N) is 1. The Morgan fingerprint density at radius 2 is 2.00 bits per heavy atom. The van der Waals surface area contributed by atoms with Crippen LogP contribution in [0.25, 0.3) is 0 Å². The van der Waals surface area contributed by atoms with Gasteiger partial charge in [0.2, 0.25) is 0 Å². The molecular weight excluding hydrogens is 224 g/mol. The van der Waals surface area contributed by atoms with Gasteiger partial charge in [0.1, 0.15) is 0 Å². The van der Waals surface area contributed by atoms with Gasteiger partial charge < -0.3 is 10.8 Å². The average Bonchev–Trinajstić information content (AvgIpc) is 2.29. The fourth-order valence-electron chi connectivity index (χ4n) is 1.21. The molecule has 6 heteroatoms. The minimum absolute atomic E-state index is 0.364. The summed E-state index contributed by atoms with van der Waals surface area (Å²) in [6, 6.07) is 8.50. The van der Waals surface area contributed by atoms with Crippen molar-refractivity contribution < 1.29 is 19.5 Å². The van der Waals surface area contributed by atoms with Gasteiger partial charge in [0.15, 0.2) is 6.61 Å². The number of hydroxylamine groups is 1. The van der Waals surface area contributed by atoms with Gasteiger partial charge in [-0.3, -0.25) is 9.63 Å². The molecule has 0 aliphatic heterocycles. The van der Waals surface area contributed by atoms with Crippen LogP contribution in [0.2, 0.25) is 0 Å². The van der Waals surface area contributed by atoms with E-state index in [1.165, 1.54) is 0 Å². The van der Waals surface area contributed by atoms with Gasteiger partial charge in [0.25, 0.3) is 5.91 Å². The Bertz CT molecular complexity index is 380. The number of hydrogen-bond acceptors (Lipinski definition) is 4. The maximum absolute atomic E-state index is 11.4. The summed E-state index contributed by atoms with van der Waals surface area (Å²) in [5.74, 6) is -1.71. The monoisotopic (exact) mass is 238 g/mol. The number of carboxylic acid groups (broad SMARTS) is 1. The maximum Gasteiger partial charge on any atom is 0.332 e. The number of carbonyl (C=O) groups is 2. The average molecular weight is 238 g/mol. The van der Waals surface area contributed by atoms with Crippen molar-refractivity contribution >= 4 is 11.9 Å². The molecule has 0 aliphatic carbocycles. The van der Waals surface area contributed by atoms with Crippen LogP contribution in [-0.2, 0) is 20.8 Å². The normalized spacial score (nSPS) is 11.8. The van der Waals surface area contributed by atoms with Crippen molar-refractivity contribution in [3.63, 3.8) is 0 Å².